The molecule has 24 heavy (non-hydrogen) atoms. The second-order valence-corrected chi connectivity index (χ2v) is 6.36. The Morgan fingerprint density at radius 3 is 2.62 bits per heavy atom. The van der Waals surface area contributed by atoms with E-state index in [0.29, 0.717) is 12.6 Å². The molecular formula is C20H24N2O2. The number of hydrogen-bond donors (Lipinski definition) is 1. The molecule has 0 heterocycles. The molecule has 0 bridgehead atoms. The number of carbonyl (C=O) groups is 1. The molecule has 2 aromatic carbocycles. The van der Waals surface area contributed by atoms with Crippen LogP contribution >= 0.6 is 0 Å². The molecular weight excluding hydrogens is 300 g/mol. The topological polar surface area (TPSA) is 41.6 Å². The number of amides is 1. The zero-order valence-electron chi connectivity index (χ0n) is 14.2. The molecule has 0 aliphatic heterocycles. The molecule has 2 aromatic rings. The Hall–Kier alpha value is -2.33. The van der Waals surface area contributed by atoms with Crippen molar-refractivity contribution in [2.45, 2.75) is 31.5 Å². The van der Waals surface area contributed by atoms with Gasteiger partial charge in [0.15, 0.2) is 0 Å². The highest BCUT2D eigenvalue weighted by molar-refractivity contribution is 5.83. The second kappa shape index (κ2) is 7.49. The predicted octanol–water partition coefficient (Wildman–Crippen LogP) is 3.15. The average molecular weight is 324 g/mol. The number of nitrogens with zero attached hydrogens (tertiary/aromatic N) is 1. The molecule has 0 unspecified atom stereocenters. The number of carbonyl (C=O) groups excluding carboxylic acids is 1. The summed E-state index contributed by atoms with van der Waals surface area (Å²) in [6, 6.07) is 18.0. The first-order valence-electron chi connectivity index (χ1n) is 8.36. The van der Waals surface area contributed by atoms with Gasteiger partial charge in [0, 0.05) is 12.6 Å². The smallest absolute Gasteiger partial charge is 0.242 e. The molecule has 1 atom stereocenters. The molecule has 4 heteroatoms. The summed E-state index contributed by atoms with van der Waals surface area (Å²) in [5.74, 6) is 0.911. The lowest BCUT2D eigenvalue weighted by Crippen LogP contribution is -2.39. The van der Waals surface area contributed by atoms with Crippen LogP contribution < -0.4 is 10.1 Å². The molecule has 1 aliphatic rings. The Morgan fingerprint density at radius 2 is 1.96 bits per heavy atom. The van der Waals surface area contributed by atoms with Gasteiger partial charge in [0.2, 0.25) is 5.91 Å². The fourth-order valence-electron chi connectivity index (χ4n) is 2.90. The van der Waals surface area contributed by atoms with Crippen molar-refractivity contribution in [3.05, 3.63) is 65.7 Å². The summed E-state index contributed by atoms with van der Waals surface area (Å²) < 4.78 is 5.29. The molecule has 0 spiro atoms. The largest absolute Gasteiger partial charge is 0.497 e. The van der Waals surface area contributed by atoms with Gasteiger partial charge >= 0.3 is 0 Å². The highest BCUT2D eigenvalue weighted by Gasteiger charge is 2.30. The zero-order chi connectivity index (χ0) is 16.9. The maximum Gasteiger partial charge on any atom is 0.242 e. The Balaban J connectivity index is 1.79. The van der Waals surface area contributed by atoms with E-state index >= 15 is 0 Å². The van der Waals surface area contributed by atoms with Crippen molar-refractivity contribution in [3.63, 3.8) is 0 Å². The number of benzene rings is 2. The van der Waals surface area contributed by atoms with Gasteiger partial charge in [-0.2, -0.15) is 0 Å². The molecule has 1 N–H and O–H groups in total. The van der Waals surface area contributed by atoms with Crippen molar-refractivity contribution in [2.75, 3.05) is 14.2 Å². The van der Waals surface area contributed by atoms with Gasteiger partial charge in [-0.3, -0.25) is 9.69 Å². The Morgan fingerprint density at radius 1 is 1.21 bits per heavy atom. The Bertz CT molecular complexity index is 683. The van der Waals surface area contributed by atoms with Crippen LogP contribution in [0.1, 0.15) is 30.0 Å². The summed E-state index contributed by atoms with van der Waals surface area (Å²) in [4.78, 5) is 14.9. The molecule has 0 saturated heterocycles. The third-order valence-electron chi connectivity index (χ3n) is 4.29. The lowest BCUT2D eigenvalue weighted by molar-refractivity contribution is -0.126. The summed E-state index contributed by atoms with van der Waals surface area (Å²) in [5, 5.41) is 3.14. The van der Waals surface area contributed by atoms with E-state index in [0.717, 1.165) is 29.7 Å². The molecule has 4 nitrogen and oxygen atoms in total. The van der Waals surface area contributed by atoms with Crippen LogP contribution in [0.5, 0.6) is 5.75 Å². The van der Waals surface area contributed by atoms with Gasteiger partial charge in [-0.15, -0.1) is 0 Å². The number of ether oxygens (including phenoxy) is 1. The number of nitrogens with one attached hydrogen (secondary N) is 1. The van der Waals surface area contributed by atoms with Crippen LogP contribution in [0, 0.1) is 0 Å². The van der Waals surface area contributed by atoms with Gasteiger partial charge in [0.25, 0.3) is 0 Å². The molecule has 0 aromatic heterocycles. The van der Waals surface area contributed by atoms with Gasteiger partial charge < -0.3 is 10.1 Å². The number of likely N-dealkylation sites (N-methyl/N-ethyl adjacent to an activating group) is 1. The molecule has 1 saturated carbocycles. The third kappa shape index (κ3) is 4.15. The lowest BCUT2D eigenvalue weighted by atomic mass is 10.0. The first-order valence-corrected chi connectivity index (χ1v) is 8.36. The maximum absolute atomic E-state index is 12.8. The third-order valence-corrected chi connectivity index (χ3v) is 4.29. The summed E-state index contributed by atoms with van der Waals surface area (Å²) in [6.07, 6.45) is 2.18. The van der Waals surface area contributed by atoms with E-state index in [1.807, 2.05) is 55.6 Å². The number of hydrogen-bond acceptors (Lipinski definition) is 3. The zero-order valence-corrected chi connectivity index (χ0v) is 14.2. The van der Waals surface area contributed by atoms with E-state index in [-0.39, 0.29) is 11.9 Å². The lowest BCUT2D eigenvalue weighted by Gasteiger charge is -2.28. The van der Waals surface area contributed by atoms with Crippen LogP contribution in [0.15, 0.2) is 54.6 Å². The van der Waals surface area contributed by atoms with E-state index in [9.17, 15) is 4.79 Å². The summed E-state index contributed by atoms with van der Waals surface area (Å²) in [5.41, 5.74) is 2.14. The van der Waals surface area contributed by atoms with Crippen LogP contribution in [0.2, 0.25) is 0 Å². The highest BCUT2D eigenvalue weighted by Crippen LogP contribution is 2.25. The quantitative estimate of drug-likeness (QED) is 0.851. The summed E-state index contributed by atoms with van der Waals surface area (Å²) in [6.45, 7) is 0.675. The fourth-order valence-corrected chi connectivity index (χ4v) is 2.90. The van der Waals surface area contributed by atoms with Crippen molar-refractivity contribution in [1.29, 1.82) is 0 Å². The van der Waals surface area contributed by atoms with Crippen LogP contribution in [0.4, 0.5) is 0 Å². The van der Waals surface area contributed by atoms with E-state index in [4.69, 9.17) is 4.74 Å². The maximum atomic E-state index is 12.8. The van der Waals surface area contributed by atoms with Crippen molar-refractivity contribution in [1.82, 2.24) is 10.2 Å². The van der Waals surface area contributed by atoms with Crippen molar-refractivity contribution < 1.29 is 9.53 Å². The van der Waals surface area contributed by atoms with E-state index < -0.39 is 0 Å². The van der Waals surface area contributed by atoms with Crippen LogP contribution in [-0.4, -0.2) is 31.0 Å². The molecule has 1 amide bonds. The average Bonchev–Trinajstić information content (AvgIpc) is 3.40. The SMILES string of the molecule is COc1cccc(CN(C)[C@H](C(=O)NC2CC2)c2ccccc2)c1. The summed E-state index contributed by atoms with van der Waals surface area (Å²) >= 11 is 0. The molecule has 0 radical (unpaired) electrons. The monoisotopic (exact) mass is 324 g/mol. The number of rotatable bonds is 7. The van der Waals surface area contributed by atoms with Gasteiger partial charge in [-0.25, -0.2) is 0 Å². The fraction of sp³-hybridized carbons (Fsp3) is 0.350. The number of methoxy groups -OCH3 is 1. The highest BCUT2D eigenvalue weighted by atomic mass is 16.5. The van der Waals surface area contributed by atoms with Gasteiger partial charge in [-0.1, -0.05) is 42.5 Å². The van der Waals surface area contributed by atoms with Crippen molar-refractivity contribution in [3.8, 4) is 5.75 Å². The van der Waals surface area contributed by atoms with Crippen LogP contribution in [-0.2, 0) is 11.3 Å². The van der Waals surface area contributed by atoms with Crippen molar-refractivity contribution in [2.24, 2.45) is 0 Å². The molecule has 126 valence electrons. The normalized spacial score (nSPS) is 15.1. The molecule has 1 aliphatic carbocycles. The predicted molar refractivity (Wildman–Crippen MR) is 94.8 cm³/mol. The van der Waals surface area contributed by atoms with Crippen LogP contribution in [0.25, 0.3) is 0 Å². The van der Waals surface area contributed by atoms with Gasteiger partial charge in [-0.05, 0) is 43.1 Å². The van der Waals surface area contributed by atoms with E-state index in [1.54, 1.807) is 7.11 Å². The molecule has 3 rings (SSSR count). The van der Waals surface area contributed by atoms with Crippen LogP contribution in [0.3, 0.4) is 0 Å². The minimum Gasteiger partial charge on any atom is -0.497 e. The first-order chi connectivity index (χ1) is 11.7. The van der Waals surface area contributed by atoms with E-state index in [2.05, 4.69) is 16.3 Å². The van der Waals surface area contributed by atoms with Gasteiger partial charge in [0.05, 0.1) is 7.11 Å². The second-order valence-electron chi connectivity index (χ2n) is 6.36. The minimum absolute atomic E-state index is 0.0779. The summed E-state index contributed by atoms with van der Waals surface area (Å²) in [7, 11) is 3.66. The standard InChI is InChI=1S/C20H24N2O2/c1-22(14-15-7-6-10-18(13-15)24-2)19(16-8-4-3-5-9-16)20(23)21-17-11-12-17/h3-10,13,17,19H,11-12,14H2,1-2H3,(H,21,23)/t19-/m0/s1. The minimum atomic E-state index is -0.294. The van der Waals surface area contributed by atoms with Crippen molar-refractivity contribution >= 4 is 5.91 Å². The van der Waals surface area contributed by atoms with Gasteiger partial charge in [0.1, 0.15) is 11.8 Å². The Kier molecular flexibility index (Phi) is 5.16. The Labute approximate surface area is 143 Å². The van der Waals surface area contributed by atoms with E-state index in [1.165, 1.54) is 0 Å². The first kappa shape index (κ1) is 16.5. The molecule has 1 fully saturated rings.